The average Bonchev–Trinajstić information content (AvgIpc) is 3.22. The van der Waals surface area contributed by atoms with E-state index >= 15 is 0 Å². The number of nitrogens with zero attached hydrogens (tertiary/aromatic N) is 1. The number of hydrogen-bond donors (Lipinski definition) is 1. The zero-order valence-corrected chi connectivity index (χ0v) is 19.2. The Morgan fingerprint density at radius 1 is 1.06 bits per heavy atom. The van der Waals surface area contributed by atoms with Crippen LogP contribution in [0.4, 0.5) is 22.0 Å². The summed E-state index contributed by atoms with van der Waals surface area (Å²) in [5, 5.41) is 2.03. The molecule has 2 aliphatic rings. The molecule has 2 heterocycles. The standard InChI is InChI=1S/C11H7BF5NO2S.C5H12O.C4H3NO2/c13-6-7(14)9(16)11(10(17)8(6)15)20-5-1-2-18(3-4-19)21-12-5;1-3-4-5-6-2;6-3-1-2-4(7)5-3/h4H,1-3H2;3-5H2,1-2H3;1-2H,(H,5,6,7). The van der Waals surface area contributed by atoms with Crippen LogP contribution < -0.4 is 10.1 Å². The first kappa shape index (κ1) is 29.5. The van der Waals surface area contributed by atoms with Crippen molar-refractivity contribution < 1.29 is 45.8 Å². The van der Waals surface area contributed by atoms with Gasteiger partial charge in [-0.1, -0.05) is 13.3 Å². The van der Waals surface area contributed by atoms with Crippen LogP contribution in [0.1, 0.15) is 26.2 Å². The number of carbonyl (C=O) groups excluding carboxylic acids is 3. The topological polar surface area (TPSA) is 84.9 Å². The number of amides is 2. The number of hydrogen-bond acceptors (Lipinski definition) is 7. The zero-order valence-electron chi connectivity index (χ0n) is 18.3. The van der Waals surface area contributed by atoms with Gasteiger partial charge in [0.05, 0.1) is 0 Å². The SMILES string of the molecule is CCCCOC.O=C1C=CC(=O)N1.O=CCN1CCC(Oc2c(F)c(F)c(F)c(F)c2F)=BS1. The molecule has 2 amide bonds. The molecule has 186 valence electrons. The third-order valence-electron chi connectivity index (χ3n) is 3.96. The molecule has 0 saturated carbocycles. The van der Waals surface area contributed by atoms with Crippen molar-refractivity contribution in [1.29, 1.82) is 0 Å². The van der Waals surface area contributed by atoms with Crippen molar-refractivity contribution in [3.8, 4) is 5.75 Å². The van der Waals surface area contributed by atoms with Gasteiger partial charge in [-0.2, -0.15) is 0 Å². The number of aldehydes is 1. The van der Waals surface area contributed by atoms with Gasteiger partial charge in [0, 0.05) is 25.9 Å². The molecule has 1 aromatic rings. The normalized spacial score (nSPS) is 14.7. The summed E-state index contributed by atoms with van der Waals surface area (Å²) >= 11 is 1.05. The van der Waals surface area contributed by atoms with Gasteiger partial charge in [-0.15, -0.1) is 0 Å². The number of rotatable bonds is 7. The first-order valence-corrected chi connectivity index (χ1v) is 10.7. The molecule has 0 atom stereocenters. The Hall–Kier alpha value is -2.58. The van der Waals surface area contributed by atoms with Crippen molar-refractivity contribution in [3.63, 3.8) is 0 Å². The number of halogens is 5. The predicted octanol–water partition coefficient (Wildman–Crippen LogP) is 2.69. The Balaban J connectivity index is 0.000000362. The Morgan fingerprint density at radius 3 is 1.97 bits per heavy atom. The fourth-order valence-corrected chi connectivity index (χ4v) is 3.00. The molecule has 34 heavy (non-hydrogen) atoms. The molecular formula is C20H22BF5N2O5S. The van der Waals surface area contributed by atoms with E-state index in [4.69, 9.17) is 9.47 Å². The number of imide groups is 1. The second-order valence-electron chi connectivity index (χ2n) is 6.53. The van der Waals surface area contributed by atoms with E-state index in [0.29, 0.717) is 12.8 Å². The number of ether oxygens (including phenoxy) is 2. The molecule has 2 aliphatic heterocycles. The molecule has 3 rings (SSSR count). The molecule has 0 saturated heterocycles. The van der Waals surface area contributed by atoms with Crippen molar-refractivity contribution in [2.75, 3.05) is 26.8 Å². The van der Waals surface area contributed by atoms with E-state index in [1.165, 1.54) is 31.2 Å². The van der Waals surface area contributed by atoms with Crippen LogP contribution >= 0.6 is 11.8 Å². The first-order chi connectivity index (χ1) is 16.2. The second kappa shape index (κ2) is 15.4. The van der Waals surface area contributed by atoms with Crippen LogP contribution in [0.5, 0.6) is 5.75 Å². The van der Waals surface area contributed by atoms with Crippen LogP contribution in [0.15, 0.2) is 12.2 Å². The van der Waals surface area contributed by atoms with E-state index in [1.807, 2.05) is 5.32 Å². The van der Waals surface area contributed by atoms with E-state index in [1.54, 1.807) is 11.4 Å². The van der Waals surface area contributed by atoms with Crippen LogP contribution in [0.3, 0.4) is 0 Å². The molecule has 1 N–H and O–H groups in total. The van der Waals surface area contributed by atoms with Gasteiger partial charge >= 0.3 is 120 Å². The molecule has 0 unspecified atom stereocenters. The monoisotopic (exact) mass is 508 g/mol. The van der Waals surface area contributed by atoms with Crippen molar-refractivity contribution in [3.05, 3.63) is 41.2 Å². The summed E-state index contributed by atoms with van der Waals surface area (Å²) in [6.45, 7) is 3.55. The maximum atomic E-state index is 13.4. The van der Waals surface area contributed by atoms with E-state index < -0.39 is 34.8 Å². The van der Waals surface area contributed by atoms with Gasteiger partial charge in [-0.05, 0) is 6.42 Å². The van der Waals surface area contributed by atoms with Crippen molar-refractivity contribution in [1.82, 2.24) is 9.62 Å². The molecule has 0 radical (unpaired) electrons. The number of unbranched alkanes of at least 4 members (excludes halogenated alkanes) is 1. The van der Waals surface area contributed by atoms with Gasteiger partial charge in [0.2, 0.25) is 0 Å². The molecular weight excluding hydrogens is 486 g/mol. The van der Waals surface area contributed by atoms with Crippen molar-refractivity contribution in [2.45, 2.75) is 26.2 Å². The summed E-state index contributed by atoms with van der Waals surface area (Å²) in [4.78, 5) is 30.4. The maximum absolute atomic E-state index is 13.4. The minimum absolute atomic E-state index is 0.0466. The fourth-order valence-electron chi connectivity index (χ4n) is 2.22. The molecule has 0 aliphatic carbocycles. The van der Waals surface area contributed by atoms with Crippen molar-refractivity contribution >= 4 is 41.7 Å². The zero-order chi connectivity index (χ0) is 25.7. The first-order valence-electron chi connectivity index (χ1n) is 9.91. The van der Waals surface area contributed by atoms with Crippen LogP contribution in [0.25, 0.3) is 0 Å². The number of benzene rings is 1. The number of nitrogens with one attached hydrogen (secondary N) is 1. The molecule has 0 aromatic heterocycles. The second-order valence-corrected chi connectivity index (χ2v) is 7.49. The van der Waals surface area contributed by atoms with Crippen LogP contribution in [0.2, 0.25) is 0 Å². The Morgan fingerprint density at radius 2 is 1.62 bits per heavy atom. The van der Waals surface area contributed by atoms with Gasteiger partial charge in [0.15, 0.2) is 0 Å². The van der Waals surface area contributed by atoms with Gasteiger partial charge in [-0.3, -0.25) is 14.9 Å². The summed E-state index contributed by atoms with van der Waals surface area (Å²) in [6.07, 6.45) is 7.00. The summed E-state index contributed by atoms with van der Waals surface area (Å²) in [7, 11) is 1.73. The van der Waals surface area contributed by atoms with E-state index in [-0.39, 0.29) is 30.4 Å². The molecule has 0 fully saturated rings. The molecule has 14 heteroatoms. The molecule has 7 nitrogen and oxygen atoms in total. The quantitative estimate of drug-likeness (QED) is 0.0887. The van der Waals surface area contributed by atoms with Gasteiger partial charge in [-0.25, -0.2) is 0 Å². The third kappa shape index (κ3) is 9.35. The summed E-state index contributed by atoms with van der Waals surface area (Å²) in [5.41, 5.74) is 0.0466. The Kier molecular flexibility index (Phi) is 13.3. The van der Waals surface area contributed by atoms with Crippen LogP contribution in [-0.2, 0) is 19.1 Å². The summed E-state index contributed by atoms with van der Waals surface area (Å²) < 4.78 is 76.9. The van der Waals surface area contributed by atoms with Crippen LogP contribution in [-0.4, -0.2) is 61.1 Å². The van der Waals surface area contributed by atoms with Gasteiger partial charge < -0.3 is 4.74 Å². The number of carbonyl (C=O) groups is 3. The summed E-state index contributed by atoms with van der Waals surface area (Å²) in [5.74, 6) is -12.4. The fraction of sp³-hybridized carbons (Fsp3) is 0.400. The predicted molar refractivity (Wildman–Crippen MR) is 117 cm³/mol. The van der Waals surface area contributed by atoms with E-state index in [2.05, 4.69) is 6.92 Å². The van der Waals surface area contributed by atoms with Gasteiger partial charge in [0.1, 0.15) is 0 Å². The Bertz CT molecular complexity index is 899. The number of methoxy groups -OCH3 is 1. The summed E-state index contributed by atoms with van der Waals surface area (Å²) in [6, 6.07) is 0. The Labute approximate surface area is 197 Å². The van der Waals surface area contributed by atoms with Crippen LogP contribution in [0, 0.1) is 29.1 Å². The molecule has 0 bridgehead atoms. The molecule has 1 aromatic carbocycles. The van der Waals surface area contributed by atoms with Gasteiger partial charge in [0.25, 0.3) is 11.8 Å². The molecule has 0 spiro atoms. The van der Waals surface area contributed by atoms with E-state index in [9.17, 15) is 36.3 Å². The third-order valence-corrected chi connectivity index (χ3v) is 4.95. The average molecular weight is 508 g/mol. The van der Waals surface area contributed by atoms with E-state index in [0.717, 1.165) is 18.4 Å². The van der Waals surface area contributed by atoms with Crippen molar-refractivity contribution in [2.24, 2.45) is 0 Å². The minimum atomic E-state index is -2.23.